The summed E-state index contributed by atoms with van der Waals surface area (Å²) in [4.78, 5) is 12.1. The Morgan fingerprint density at radius 2 is 2.00 bits per heavy atom. The molecule has 23 heavy (non-hydrogen) atoms. The van der Waals surface area contributed by atoms with Crippen LogP contribution >= 0.6 is 31.9 Å². The molecular weight excluding hydrogens is 433 g/mol. The van der Waals surface area contributed by atoms with Gasteiger partial charge in [0.05, 0.1) is 21.7 Å². The fourth-order valence-electron chi connectivity index (χ4n) is 1.94. The van der Waals surface area contributed by atoms with Gasteiger partial charge < -0.3 is 5.32 Å². The van der Waals surface area contributed by atoms with Gasteiger partial charge in [0.2, 0.25) is 0 Å². The van der Waals surface area contributed by atoms with Crippen LogP contribution in [0.3, 0.4) is 0 Å². The third-order valence-corrected chi connectivity index (χ3v) is 4.21. The summed E-state index contributed by atoms with van der Waals surface area (Å²) in [6, 6.07) is 6.16. The molecule has 0 saturated carbocycles. The number of hydrogen-bond acceptors (Lipinski definition) is 3. The average molecular weight is 443 g/mol. The van der Waals surface area contributed by atoms with Crippen molar-refractivity contribution < 1.29 is 9.18 Å². The molecule has 0 saturated heterocycles. The molecule has 0 bridgehead atoms. The van der Waals surface area contributed by atoms with Crippen molar-refractivity contribution in [2.24, 2.45) is 0 Å². The van der Waals surface area contributed by atoms with Gasteiger partial charge in [0.25, 0.3) is 5.91 Å². The van der Waals surface area contributed by atoms with Crippen LogP contribution in [0.1, 0.15) is 16.1 Å². The molecule has 0 aliphatic carbocycles. The van der Waals surface area contributed by atoms with Gasteiger partial charge in [-0.15, -0.1) is 0 Å². The number of halogens is 3. The van der Waals surface area contributed by atoms with Crippen LogP contribution in [0.15, 0.2) is 45.6 Å². The van der Waals surface area contributed by atoms with Crippen LogP contribution in [-0.2, 0) is 6.54 Å². The van der Waals surface area contributed by atoms with Gasteiger partial charge in [-0.2, -0.15) is 10.2 Å². The first kappa shape index (κ1) is 15.9. The smallest absolute Gasteiger partial charge is 0.276 e. The maximum absolute atomic E-state index is 12.9. The lowest BCUT2D eigenvalue weighted by Crippen LogP contribution is -2.14. The number of nitrogens with one attached hydrogen (secondary N) is 2. The molecular formula is C14H10Br2FN5O. The SMILES string of the molecule is O=C(Nc1nn(Cc2ccc(F)cc2)cc1Br)c1[nH]ncc1Br. The van der Waals surface area contributed by atoms with Gasteiger partial charge in [0.15, 0.2) is 5.82 Å². The highest BCUT2D eigenvalue weighted by atomic mass is 79.9. The number of carbonyl (C=O) groups is 1. The zero-order chi connectivity index (χ0) is 16.4. The Hall–Kier alpha value is -2.00. The molecule has 9 heteroatoms. The van der Waals surface area contributed by atoms with Crippen LogP contribution in [-0.4, -0.2) is 25.9 Å². The van der Waals surface area contributed by atoms with Gasteiger partial charge in [-0.1, -0.05) is 12.1 Å². The molecule has 0 atom stereocenters. The number of hydrogen-bond donors (Lipinski definition) is 2. The maximum atomic E-state index is 12.9. The molecule has 118 valence electrons. The molecule has 0 aliphatic rings. The summed E-state index contributed by atoms with van der Waals surface area (Å²) in [5.41, 5.74) is 1.21. The third-order valence-electron chi connectivity index (χ3n) is 3.03. The largest absolute Gasteiger partial charge is 0.303 e. The Morgan fingerprint density at radius 1 is 1.26 bits per heavy atom. The molecule has 1 aromatic carbocycles. The Balaban J connectivity index is 1.74. The second-order valence-electron chi connectivity index (χ2n) is 4.70. The minimum absolute atomic E-state index is 0.284. The number of aromatic amines is 1. The lowest BCUT2D eigenvalue weighted by Gasteiger charge is -2.02. The van der Waals surface area contributed by atoms with E-state index in [0.29, 0.717) is 27.0 Å². The predicted octanol–water partition coefficient (Wildman–Crippen LogP) is 3.57. The summed E-state index contributed by atoms with van der Waals surface area (Å²) < 4.78 is 15.8. The summed E-state index contributed by atoms with van der Waals surface area (Å²) in [6.07, 6.45) is 3.23. The van der Waals surface area contributed by atoms with E-state index in [1.54, 1.807) is 23.0 Å². The van der Waals surface area contributed by atoms with Gasteiger partial charge in [0, 0.05) is 6.20 Å². The molecule has 0 radical (unpaired) electrons. The third kappa shape index (κ3) is 3.67. The van der Waals surface area contributed by atoms with E-state index in [4.69, 9.17) is 0 Å². The number of amides is 1. The number of aromatic nitrogens is 4. The van der Waals surface area contributed by atoms with Gasteiger partial charge in [-0.05, 0) is 49.6 Å². The fraction of sp³-hybridized carbons (Fsp3) is 0.0714. The zero-order valence-corrected chi connectivity index (χ0v) is 14.7. The highest BCUT2D eigenvalue weighted by Crippen LogP contribution is 2.22. The molecule has 2 heterocycles. The van der Waals surface area contributed by atoms with Crippen molar-refractivity contribution in [1.82, 2.24) is 20.0 Å². The Kier molecular flexibility index (Phi) is 4.58. The van der Waals surface area contributed by atoms with Crippen LogP contribution in [0, 0.1) is 5.82 Å². The molecule has 0 unspecified atom stereocenters. The molecule has 0 spiro atoms. The van der Waals surface area contributed by atoms with E-state index < -0.39 is 0 Å². The Labute approximate surface area is 147 Å². The molecule has 0 aliphatic heterocycles. The predicted molar refractivity (Wildman–Crippen MR) is 89.7 cm³/mol. The highest BCUT2D eigenvalue weighted by Gasteiger charge is 2.16. The van der Waals surface area contributed by atoms with Crippen LogP contribution in [0.5, 0.6) is 0 Å². The van der Waals surface area contributed by atoms with Crippen molar-refractivity contribution in [3.63, 3.8) is 0 Å². The lowest BCUT2D eigenvalue weighted by molar-refractivity contribution is 0.102. The first-order valence-electron chi connectivity index (χ1n) is 6.50. The van der Waals surface area contributed by atoms with Crippen molar-refractivity contribution in [3.05, 3.63) is 62.7 Å². The van der Waals surface area contributed by atoms with Crippen molar-refractivity contribution in [2.75, 3.05) is 5.32 Å². The van der Waals surface area contributed by atoms with E-state index in [-0.39, 0.29) is 11.7 Å². The second-order valence-corrected chi connectivity index (χ2v) is 6.41. The molecule has 3 aromatic rings. The second kappa shape index (κ2) is 6.63. The molecule has 2 aromatic heterocycles. The Bertz CT molecular complexity index is 843. The maximum Gasteiger partial charge on any atom is 0.276 e. The Morgan fingerprint density at radius 3 is 2.65 bits per heavy atom. The summed E-state index contributed by atoms with van der Waals surface area (Å²) in [7, 11) is 0. The summed E-state index contributed by atoms with van der Waals surface area (Å²) in [5, 5.41) is 13.4. The number of benzene rings is 1. The first-order chi connectivity index (χ1) is 11.0. The average Bonchev–Trinajstić information content (AvgIpc) is 3.08. The van der Waals surface area contributed by atoms with Gasteiger partial charge in [-0.3, -0.25) is 14.6 Å². The van der Waals surface area contributed by atoms with E-state index in [1.807, 2.05) is 0 Å². The fourth-order valence-corrected chi connectivity index (χ4v) is 2.73. The molecule has 1 amide bonds. The van der Waals surface area contributed by atoms with Crippen LogP contribution in [0.4, 0.5) is 10.2 Å². The van der Waals surface area contributed by atoms with Gasteiger partial charge >= 0.3 is 0 Å². The standard InChI is InChI=1S/C14H10Br2FN5O/c15-10-5-18-20-12(10)14(23)19-13-11(16)7-22(21-13)6-8-1-3-9(17)4-2-8/h1-5,7H,6H2,(H,18,20)(H,19,21,23). The number of H-pyrrole nitrogens is 1. The highest BCUT2D eigenvalue weighted by molar-refractivity contribution is 9.11. The van der Waals surface area contributed by atoms with Gasteiger partial charge in [-0.25, -0.2) is 4.39 Å². The van der Waals surface area contributed by atoms with E-state index in [2.05, 4.69) is 52.5 Å². The molecule has 0 fully saturated rings. The number of nitrogens with zero attached hydrogens (tertiary/aromatic N) is 3. The minimum Gasteiger partial charge on any atom is -0.303 e. The van der Waals surface area contributed by atoms with Crippen LogP contribution < -0.4 is 5.32 Å². The van der Waals surface area contributed by atoms with Crippen molar-refractivity contribution in [3.8, 4) is 0 Å². The first-order valence-corrected chi connectivity index (χ1v) is 8.09. The van der Waals surface area contributed by atoms with Gasteiger partial charge in [0.1, 0.15) is 11.5 Å². The van der Waals surface area contributed by atoms with Crippen molar-refractivity contribution in [1.29, 1.82) is 0 Å². The quantitative estimate of drug-likeness (QED) is 0.648. The van der Waals surface area contributed by atoms with E-state index in [9.17, 15) is 9.18 Å². The summed E-state index contributed by atoms with van der Waals surface area (Å²) >= 11 is 6.59. The normalized spacial score (nSPS) is 10.7. The lowest BCUT2D eigenvalue weighted by atomic mass is 10.2. The topological polar surface area (TPSA) is 75.6 Å². The summed E-state index contributed by atoms with van der Waals surface area (Å²) in [5.74, 6) is -0.255. The molecule has 6 nitrogen and oxygen atoms in total. The monoisotopic (exact) mass is 441 g/mol. The minimum atomic E-state index is -0.359. The molecule has 2 N–H and O–H groups in total. The van der Waals surface area contributed by atoms with E-state index in [1.165, 1.54) is 18.3 Å². The number of rotatable bonds is 4. The number of carbonyl (C=O) groups excluding carboxylic acids is 1. The van der Waals surface area contributed by atoms with Crippen molar-refractivity contribution in [2.45, 2.75) is 6.54 Å². The van der Waals surface area contributed by atoms with Crippen LogP contribution in [0.2, 0.25) is 0 Å². The zero-order valence-electron chi connectivity index (χ0n) is 11.6. The molecule has 3 rings (SSSR count). The van der Waals surface area contributed by atoms with Crippen molar-refractivity contribution >= 4 is 43.6 Å². The summed E-state index contributed by atoms with van der Waals surface area (Å²) in [6.45, 7) is 0.461. The number of anilines is 1. The van der Waals surface area contributed by atoms with E-state index >= 15 is 0 Å². The van der Waals surface area contributed by atoms with Crippen LogP contribution in [0.25, 0.3) is 0 Å². The van der Waals surface area contributed by atoms with E-state index in [0.717, 1.165) is 5.56 Å².